The number of nitrogens with one attached hydrogen (secondary N) is 1. The third-order valence-electron chi connectivity index (χ3n) is 4.96. The molecule has 3 aromatic carbocycles. The smallest absolute Gasteiger partial charge is 0.338 e. The first-order valence-electron chi connectivity index (χ1n) is 9.66. The van der Waals surface area contributed by atoms with Crippen LogP contribution in [0.5, 0.6) is 0 Å². The third kappa shape index (κ3) is 4.10. The first-order chi connectivity index (χ1) is 15.3. The molecule has 0 unspecified atom stereocenters. The predicted octanol–water partition coefficient (Wildman–Crippen LogP) is 4.24. The molecule has 0 bridgehead atoms. The van der Waals surface area contributed by atoms with Crippen LogP contribution in [0.2, 0.25) is 5.02 Å². The second kappa shape index (κ2) is 8.64. The van der Waals surface area contributed by atoms with Crippen LogP contribution in [0.1, 0.15) is 36.6 Å². The average molecular weight is 449 g/mol. The highest BCUT2D eigenvalue weighted by Crippen LogP contribution is 2.28. The third-order valence-corrected chi connectivity index (χ3v) is 5.20. The maximum absolute atomic E-state index is 12.6. The molecule has 0 atom stereocenters. The van der Waals surface area contributed by atoms with Crippen molar-refractivity contribution in [1.82, 2.24) is 0 Å². The van der Waals surface area contributed by atoms with E-state index in [2.05, 4.69) is 5.32 Å². The lowest BCUT2D eigenvalue weighted by molar-refractivity contribution is -0.119. The molecule has 3 amide bonds. The second-order valence-corrected chi connectivity index (χ2v) is 7.56. The van der Waals surface area contributed by atoms with E-state index in [1.807, 2.05) is 6.92 Å². The maximum atomic E-state index is 12.6. The molecule has 3 aromatic rings. The molecule has 160 valence electrons. The van der Waals surface area contributed by atoms with Crippen LogP contribution >= 0.6 is 11.6 Å². The van der Waals surface area contributed by atoms with Gasteiger partial charge in [0.1, 0.15) is 0 Å². The quantitative estimate of drug-likeness (QED) is 0.465. The number of nitrogens with zero attached hydrogens (tertiary/aromatic N) is 1. The summed E-state index contributed by atoms with van der Waals surface area (Å²) in [4.78, 5) is 50.6. The number of anilines is 2. The Morgan fingerprint density at radius 2 is 1.56 bits per heavy atom. The number of carbonyl (C=O) groups is 4. The number of aryl methyl sites for hydroxylation is 1. The Bertz CT molecular complexity index is 1220. The molecule has 7 nitrogen and oxygen atoms in total. The van der Waals surface area contributed by atoms with E-state index in [1.165, 1.54) is 24.3 Å². The van der Waals surface area contributed by atoms with E-state index in [0.717, 1.165) is 10.5 Å². The van der Waals surface area contributed by atoms with Crippen LogP contribution < -0.4 is 10.2 Å². The molecule has 0 aromatic heterocycles. The van der Waals surface area contributed by atoms with Crippen molar-refractivity contribution >= 4 is 46.7 Å². The number of hydrogen-bond acceptors (Lipinski definition) is 5. The van der Waals surface area contributed by atoms with Gasteiger partial charge in [0.25, 0.3) is 17.7 Å². The minimum absolute atomic E-state index is 0.178. The van der Waals surface area contributed by atoms with Crippen molar-refractivity contribution in [3.8, 4) is 0 Å². The van der Waals surface area contributed by atoms with Crippen LogP contribution in [0.4, 0.5) is 11.4 Å². The van der Waals surface area contributed by atoms with Crippen molar-refractivity contribution in [2.24, 2.45) is 0 Å². The highest BCUT2D eigenvalue weighted by Gasteiger charge is 2.36. The van der Waals surface area contributed by atoms with Gasteiger partial charge in [-0.1, -0.05) is 29.8 Å². The van der Waals surface area contributed by atoms with E-state index < -0.39 is 30.3 Å². The van der Waals surface area contributed by atoms with Crippen molar-refractivity contribution in [2.75, 3.05) is 16.8 Å². The van der Waals surface area contributed by atoms with Crippen LogP contribution in [0.15, 0.2) is 66.7 Å². The average Bonchev–Trinajstić information content (AvgIpc) is 3.05. The summed E-state index contributed by atoms with van der Waals surface area (Å²) in [5.41, 5.74) is 2.53. The van der Waals surface area contributed by atoms with E-state index in [0.29, 0.717) is 27.5 Å². The predicted molar refractivity (Wildman–Crippen MR) is 119 cm³/mol. The lowest BCUT2D eigenvalue weighted by Crippen LogP contribution is -2.29. The first-order valence-corrected chi connectivity index (χ1v) is 10.0. The van der Waals surface area contributed by atoms with E-state index >= 15 is 0 Å². The van der Waals surface area contributed by atoms with Gasteiger partial charge in [-0.25, -0.2) is 9.69 Å². The Morgan fingerprint density at radius 1 is 0.938 bits per heavy atom. The Hall–Kier alpha value is -3.97. The molecule has 0 radical (unpaired) electrons. The van der Waals surface area contributed by atoms with E-state index in [1.54, 1.807) is 42.5 Å². The van der Waals surface area contributed by atoms with Gasteiger partial charge in [0.05, 0.1) is 22.4 Å². The zero-order valence-electron chi connectivity index (χ0n) is 16.9. The van der Waals surface area contributed by atoms with Crippen LogP contribution in [0, 0.1) is 6.92 Å². The molecular formula is C24H17ClN2O5. The van der Waals surface area contributed by atoms with E-state index in [9.17, 15) is 19.2 Å². The van der Waals surface area contributed by atoms with Crippen LogP contribution in [-0.4, -0.2) is 30.3 Å². The molecule has 0 fully saturated rings. The maximum Gasteiger partial charge on any atom is 0.338 e. The van der Waals surface area contributed by atoms with Gasteiger partial charge in [-0.05, 0) is 61.0 Å². The number of ether oxygens (including phenoxy) is 1. The van der Waals surface area contributed by atoms with Gasteiger partial charge >= 0.3 is 5.97 Å². The molecule has 0 aliphatic carbocycles. The van der Waals surface area contributed by atoms with Crippen LogP contribution in [-0.2, 0) is 9.53 Å². The molecule has 1 aliphatic heterocycles. The van der Waals surface area contributed by atoms with E-state index in [-0.39, 0.29) is 5.56 Å². The molecule has 1 N–H and O–H groups in total. The molecule has 0 saturated heterocycles. The van der Waals surface area contributed by atoms with E-state index in [4.69, 9.17) is 16.3 Å². The fraction of sp³-hybridized carbons (Fsp3) is 0.0833. The number of benzene rings is 3. The van der Waals surface area contributed by atoms with Gasteiger partial charge in [-0.15, -0.1) is 0 Å². The number of rotatable bonds is 5. The fourth-order valence-electron chi connectivity index (χ4n) is 3.30. The summed E-state index contributed by atoms with van der Waals surface area (Å²) in [6.45, 7) is 1.33. The molecule has 32 heavy (non-hydrogen) atoms. The fourth-order valence-corrected chi connectivity index (χ4v) is 3.47. The summed E-state index contributed by atoms with van der Waals surface area (Å²) in [6, 6.07) is 17.5. The van der Waals surface area contributed by atoms with Gasteiger partial charge in [0.15, 0.2) is 6.61 Å². The normalized spacial score (nSPS) is 12.5. The first kappa shape index (κ1) is 21.3. The summed E-state index contributed by atoms with van der Waals surface area (Å²) in [5, 5.41) is 3.11. The number of hydrogen-bond donors (Lipinski definition) is 1. The van der Waals surface area contributed by atoms with Gasteiger partial charge in [0, 0.05) is 10.7 Å². The summed E-state index contributed by atoms with van der Waals surface area (Å²) >= 11 is 5.93. The summed E-state index contributed by atoms with van der Waals surface area (Å²) in [6.07, 6.45) is 0. The lowest BCUT2D eigenvalue weighted by atomic mass is 10.1. The van der Waals surface area contributed by atoms with Crippen molar-refractivity contribution in [3.63, 3.8) is 0 Å². The molecule has 8 heteroatoms. The second-order valence-electron chi connectivity index (χ2n) is 7.12. The molecule has 1 heterocycles. The summed E-state index contributed by atoms with van der Waals surface area (Å²) < 4.78 is 5.06. The number of fused-ring (bicyclic) bond motifs is 1. The van der Waals surface area contributed by atoms with Crippen molar-refractivity contribution < 1.29 is 23.9 Å². The van der Waals surface area contributed by atoms with Crippen LogP contribution in [0.25, 0.3) is 0 Å². The van der Waals surface area contributed by atoms with Crippen LogP contribution in [0.3, 0.4) is 0 Å². The Kier molecular flexibility index (Phi) is 5.75. The molecular weight excluding hydrogens is 432 g/mol. The summed E-state index contributed by atoms with van der Waals surface area (Å²) in [7, 11) is 0. The number of esters is 1. The van der Waals surface area contributed by atoms with Gasteiger partial charge in [-0.3, -0.25) is 14.4 Å². The van der Waals surface area contributed by atoms with Crippen molar-refractivity contribution in [2.45, 2.75) is 6.92 Å². The molecule has 0 saturated carbocycles. The minimum atomic E-state index is -0.711. The Labute approximate surface area is 188 Å². The zero-order chi connectivity index (χ0) is 22.8. The lowest BCUT2D eigenvalue weighted by Gasteiger charge is -2.14. The van der Waals surface area contributed by atoms with Crippen molar-refractivity contribution in [1.29, 1.82) is 0 Å². The zero-order valence-corrected chi connectivity index (χ0v) is 17.7. The Morgan fingerprint density at radius 3 is 2.19 bits per heavy atom. The number of halogens is 1. The Balaban J connectivity index is 1.39. The molecule has 1 aliphatic rings. The molecule has 0 spiro atoms. The molecule has 4 rings (SSSR count). The van der Waals surface area contributed by atoms with Crippen molar-refractivity contribution in [3.05, 3.63) is 94.0 Å². The number of amides is 3. The highest BCUT2D eigenvalue weighted by molar-refractivity contribution is 6.34. The van der Waals surface area contributed by atoms with Gasteiger partial charge in [-0.2, -0.15) is 0 Å². The monoisotopic (exact) mass is 448 g/mol. The van der Waals surface area contributed by atoms with Gasteiger partial charge in [0.2, 0.25) is 0 Å². The topological polar surface area (TPSA) is 92.8 Å². The highest BCUT2D eigenvalue weighted by atomic mass is 35.5. The number of imide groups is 1. The standard InChI is InChI=1S/C24H17ClN2O5/c1-14-6-9-16(25)12-20(14)26-21(28)13-32-24(31)15-7-10-17(11-8-15)27-22(29)18-4-2-3-5-19(18)23(27)30/h2-12H,13H2,1H3,(H,26,28). The summed E-state index contributed by atoms with van der Waals surface area (Å²) in [5.74, 6) is -2.06. The SMILES string of the molecule is Cc1ccc(Cl)cc1NC(=O)COC(=O)c1ccc(N2C(=O)c3ccccc3C2=O)cc1. The largest absolute Gasteiger partial charge is 0.452 e. The minimum Gasteiger partial charge on any atom is -0.452 e. The van der Waals surface area contributed by atoms with Gasteiger partial charge < -0.3 is 10.1 Å². The number of carbonyl (C=O) groups excluding carboxylic acids is 4.